The Kier molecular flexibility index (Phi) is 7.51. The minimum atomic E-state index is -0.318. The van der Waals surface area contributed by atoms with E-state index in [1.54, 1.807) is 11.1 Å². The Morgan fingerprint density at radius 1 is 1.12 bits per heavy atom. The van der Waals surface area contributed by atoms with Crippen molar-refractivity contribution in [2.75, 3.05) is 32.1 Å². The van der Waals surface area contributed by atoms with Crippen LogP contribution in [0.5, 0.6) is 5.75 Å². The number of rotatable bonds is 5. The van der Waals surface area contributed by atoms with Gasteiger partial charge in [-0.3, -0.25) is 19.5 Å². The molecule has 0 bridgehead atoms. The van der Waals surface area contributed by atoms with E-state index in [4.69, 9.17) is 4.74 Å². The molecule has 3 heterocycles. The van der Waals surface area contributed by atoms with Gasteiger partial charge in [0, 0.05) is 37.0 Å². The first kappa shape index (κ1) is 23.7. The highest BCUT2D eigenvalue weighted by molar-refractivity contribution is 5.96. The zero-order chi connectivity index (χ0) is 23.3. The van der Waals surface area contributed by atoms with E-state index in [0.717, 1.165) is 35.5 Å². The summed E-state index contributed by atoms with van der Waals surface area (Å²) >= 11 is 0. The normalized spacial score (nSPS) is 18.1. The Hall–Kier alpha value is -2.93. The maximum absolute atomic E-state index is 11.8. The van der Waals surface area contributed by atoms with Crippen LogP contribution in [0, 0.1) is 0 Å². The molecule has 0 aliphatic carbocycles. The molecule has 172 valence electrons. The van der Waals surface area contributed by atoms with Crippen molar-refractivity contribution in [1.82, 2.24) is 9.88 Å². The van der Waals surface area contributed by atoms with Crippen molar-refractivity contribution in [3.05, 3.63) is 42.2 Å². The number of hydrogen-bond donors (Lipinski definition) is 0. The molecule has 7 heteroatoms. The van der Waals surface area contributed by atoms with Gasteiger partial charge in [-0.25, -0.2) is 0 Å². The number of anilines is 1. The monoisotopic (exact) mass is 439 g/mol. The Morgan fingerprint density at radius 3 is 2.50 bits per heavy atom. The second-order valence-corrected chi connectivity index (χ2v) is 9.27. The Bertz CT molecular complexity index is 954. The second-order valence-electron chi connectivity index (χ2n) is 9.27. The Morgan fingerprint density at radius 2 is 1.91 bits per heavy atom. The third kappa shape index (κ3) is 6.07. The number of likely N-dealkylation sites (tertiary alicyclic amines) is 1. The summed E-state index contributed by atoms with van der Waals surface area (Å²) in [4.78, 5) is 29.8. The highest BCUT2D eigenvalue weighted by Crippen LogP contribution is 2.32. The predicted octanol–water partition coefficient (Wildman–Crippen LogP) is 3.70. The number of carbonyl (C=O) groups is 2. The van der Waals surface area contributed by atoms with Crippen molar-refractivity contribution in [2.45, 2.75) is 51.7 Å². The van der Waals surface area contributed by atoms with E-state index in [9.17, 15) is 9.59 Å². The average molecular weight is 440 g/mol. The summed E-state index contributed by atoms with van der Waals surface area (Å²) in [5.74, 6) is 0.987. The van der Waals surface area contributed by atoms with E-state index in [2.05, 4.69) is 33.8 Å². The van der Waals surface area contributed by atoms with Crippen LogP contribution in [0.1, 0.15) is 39.2 Å². The number of ether oxygens (including phenoxy) is 2. The molecule has 4 rings (SSSR count). The molecule has 7 nitrogen and oxygen atoms in total. The molecule has 1 aromatic heterocycles. The van der Waals surface area contributed by atoms with Gasteiger partial charge in [0.25, 0.3) is 6.47 Å². The number of likely N-dealkylation sites (N-methyl/N-ethyl adjacent to an activating group) is 1. The molecule has 0 N–H and O–H groups in total. The smallest absolute Gasteiger partial charge is 0.293 e. The Labute approximate surface area is 190 Å². The molecule has 1 atom stereocenters. The maximum Gasteiger partial charge on any atom is 0.293 e. The minimum absolute atomic E-state index is 0.179. The first-order chi connectivity index (χ1) is 15.2. The number of aromatic nitrogens is 1. The zero-order valence-electron chi connectivity index (χ0n) is 19.6. The van der Waals surface area contributed by atoms with Crippen LogP contribution in [0.25, 0.3) is 11.1 Å². The lowest BCUT2D eigenvalue weighted by Crippen LogP contribution is -2.48. The van der Waals surface area contributed by atoms with E-state index < -0.39 is 0 Å². The van der Waals surface area contributed by atoms with Gasteiger partial charge in [0.15, 0.2) is 0 Å². The summed E-state index contributed by atoms with van der Waals surface area (Å²) in [5.41, 5.74) is 4.05. The zero-order valence-corrected chi connectivity index (χ0v) is 19.6. The van der Waals surface area contributed by atoms with Gasteiger partial charge in [0.1, 0.15) is 18.0 Å². The lowest BCUT2D eigenvalue weighted by Gasteiger charge is -2.37. The predicted molar refractivity (Wildman–Crippen MR) is 125 cm³/mol. The lowest BCUT2D eigenvalue weighted by atomic mass is 9.97. The molecule has 2 aliphatic heterocycles. The summed E-state index contributed by atoms with van der Waals surface area (Å²) in [6.45, 7) is 7.78. The molecule has 0 radical (unpaired) electrons. The lowest BCUT2D eigenvalue weighted by molar-refractivity contribution is -0.138. The fourth-order valence-corrected chi connectivity index (χ4v) is 3.61. The number of hydrogen-bond acceptors (Lipinski definition) is 6. The van der Waals surface area contributed by atoms with Crippen LogP contribution < -0.4 is 9.64 Å². The first-order valence-corrected chi connectivity index (χ1v) is 11.0. The van der Waals surface area contributed by atoms with Crippen LogP contribution >= 0.6 is 0 Å². The summed E-state index contributed by atoms with van der Waals surface area (Å²) in [6, 6.07) is 8.80. The second kappa shape index (κ2) is 10.1. The van der Waals surface area contributed by atoms with Crippen LogP contribution in [-0.2, 0) is 20.7 Å². The number of benzene rings is 1. The van der Waals surface area contributed by atoms with Crippen LogP contribution in [-0.4, -0.2) is 61.2 Å². The average Bonchev–Trinajstić information content (AvgIpc) is 2.75. The van der Waals surface area contributed by atoms with Gasteiger partial charge in [-0.2, -0.15) is 0 Å². The number of amides is 1. The van der Waals surface area contributed by atoms with Crippen molar-refractivity contribution in [1.29, 1.82) is 0 Å². The maximum atomic E-state index is 11.8. The van der Waals surface area contributed by atoms with Crippen LogP contribution in [0.4, 0.5) is 5.69 Å². The first-order valence-electron chi connectivity index (χ1n) is 11.0. The molecule has 1 fully saturated rings. The third-order valence-electron chi connectivity index (χ3n) is 5.75. The molecular formula is C25H33N3O4. The molecule has 0 spiro atoms. The molecule has 1 amide bonds. The summed E-state index contributed by atoms with van der Waals surface area (Å²) in [5, 5.41) is 0. The standard InChI is InChI=1S/C20H23N3O2.C5H10O2/c1-22-8-7-17(22)13-25-18-10-16(11-21-12-18)14-3-5-19-15(9-14)4-6-20(24)23(19)2;1-5(2,3)7-4-6/h3,5,9-12,17H,4,6-8,13H2,1-2H3;4H,1-3H3/t17-;/m0./s1. The minimum Gasteiger partial charge on any atom is -0.490 e. The van der Waals surface area contributed by atoms with Gasteiger partial charge in [0.05, 0.1) is 6.20 Å². The third-order valence-corrected chi connectivity index (χ3v) is 5.75. The molecule has 2 aliphatic rings. The molecule has 1 aromatic carbocycles. The quantitative estimate of drug-likeness (QED) is 0.662. The van der Waals surface area contributed by atoms with Crippen LogP contribution in [0.2, 0.25) is 0 Å². The fraction of sp³-hybridized carbons (Fsp3) is 0.480. The summed E-state index contributed by atoms with van der Waals surface area (Å²) < 4.78 is 10.5. The van der Waals surface area contributed by atoms with E-state index in [-0.39, 0.29) is 11.5 Å². The van der Waals surface area contributed by atoms with Gasteiger partial charge in [0.2, 0.25) is 5.91 Å². The van der Waals surface area contributed by atoms with Gasteiger partial charge < -0.3 is 14.4 Å². The highest BCUT2D eigenvalue weighted by atomic mass is 16.5. The summed E-state index contributed by atoms with van der Waals surface area (Å²) in [6.07, 6.45) is 6.20. The molecule has 0 saturated carbocycles. The number of aryl methyl sites for hydroxylation is 1. The van der Waals surface area contributed by atoms with Gasteiger partial charge in [-0.1, -0.05) is 6.07 Å². The number of pyridine rings is 1. The van der Waals surface area contributed by atoms with Gasteiger partial charge >= 0.3 is 0 Å². The number of carbonyl (C=O) groups excluding carboxylic acids is 2. The van der Waals surface area contributed by atoms with Crippen molar-refractivity contribution >= 4 is 18.1 Å². The largest absolute Gasteiger partial charge is 0.490 e. The Balaban J connectivity index is 0.000000360. The fourth-order valence-electron chi connectivity index (χ4n) is 3.61. The van der Waals surface area contributed by atoms with Crippen LogP contribution in [0.3, 0.4) is 0 Å². The van der Waals surface area contributed by atoms with E-state index >= 15 is 0 Å². The summed E-state index contributed by atoms with van der Waals surface area (Å²) in [7, 11) is 3.97. The number of nitrogens with zero attached hydrogens (tertiary/aromatic N) is 3. The van der Waals surface area contributed by atoms with Crippen molar-refractivity contribution < 1.29 is 19.1 Å². The number of fused-ring (bicyclic) bond motifs is 1. The van der Waals surface area contributed by atoms with Crippen LogP contribution in [0.15, 0.2) is 36.7 Å². The van der Waals surface area contributed by atoms with Crippen molar-refractivity contribution in [3.63, 3.8) is 0 Å². The van der Waals surface area contributed by atoms with Crippen molar-refractivity contribution in [3.8, 4) is 16.9 Å². The van der Waals surface area contributed by atoms with E-state index in [1.165, 1.54) is 12.0 Å². The topological polar surface area (TPSA) is 72.0 Å². The van der Waals surface area contributed by atoms with E-state index in [1.807, 2.05) is 46.1 Å². The molecule has 1 saturated heterocycles. The molecular weight excluding hydrogens is 406 g/mol. The van der Waals surface area contributed by atoms with E-state index in [0.29, 0.717) is 25.5 Å². The molecule has 0 unspecified atom stereocenters. The SMILES string of the molecule is CC(C)(C)OC=O.CN1C(=O)CCc2cc(-c3cncc(OC[C@@H]4CCN4C)c3)ccc21. The molecule has 2 aromatic rings. The highest BCUT2D eigenvalue weighted by Gasteiger charge is 2.24. The van der Waals surface area contributed by atoms with Gasteiger partial charge in [-0.05, 0) is 76.5 Å². The molecule has 32 heavy (non-hydrogen) atoms. The van der Waals surface area contributed by atoms with Gasteiger partial charge in [-0.15, -0.1) is 0 Å². The van der Waals surface area contributed by atoms with Crippen molar-refractivity contribution in [2.24, 2.45) is 0 Å².